The molecule has 0 amide bonds. The summed E-state index contributed by atoms with van der Waals surface area (Å²) in [6.07, 6.45) is 1.60. The van der Waals surface area contributed by atoms with Gasteiger partial charge in [-0.15, -0.1) is 0 Å². The summed E-state index contributed by atoms with van der Waals surface area (Å²) in [7, 11) is 1.45. The number of rotatable bonds is 8. The molecule has 10 heteroatoms. The highest BCUT2D eigenvalue weighted by atomic mass is 32.2. The summed E-state index contributed by atoms with van der Waals surface area (Å²) in [4.78, 5) is 17.0. The fourth-order valence-corrected chi connectivity index (χ4v) is 3.30. The molecule has 30 heavy (non-hydrogen) atoms. The van der Waals surface area contributed by atoms with Gasteiger partial charge in [0.05, 0.1) is 24.4 Å². The number of carbonyl (C=O) groups excluding carboxylic acids is 1. The van der Waals surface area contributed by atoms with Crippen molar-refractivity contribution in [1.82, 2.24) is 9.71 Å². The number of halogens is 3. The fourth-order valence-electron chi connectivity index (χ4n) is 2.98. The molecule has 1 unspecified atom stereocenters. The number of methoxy groups -OCH3 is 1. The number of hydrogen-bond donors (Lipinski definition) is 2. The molecule has 3 rings (SSSR count). The van der Waals surface area contributed by atoms with Gasteiger partial charge in [-0.25, -0.2) is 22.1 Å². The van der Waals surface area contributed by atoms with Crippen molar-refractivity contribution >= 4 is 28.0 Å². The van der Waals surface area contributed by atoms with Crippen LogP contribution in [0.3, 0.4) is 0 Å². The molecule has 0 aliphatic rings. The minimum Gasteiger partial charge on any atom is -0.495 e. The van der Waals surface area contributed by atoms with Crippen molar-refractivity contribution in [1.29, 1.82) is 0 Å². The van der Waals surface area contributed by atoms with E-state index in [1.54, 1.807) is 6.07 Å². The Kier molecular flexibility index (Phi) is 6.80. The Morgan fingerprint density at radius 2 is 1.97 bits per heavy atom. The Morgan fingerprint density at radius 1 is 1.20 bits per heavy atom. The molecule has 1 atom stereocenters. The van der Waals surface area contributed by atoms with Crippen LogP contribution in [0.1, 0.15) is 27.9 Å². The first-order valence-corrected chi connectivity index (χ1v) is 9.91. The van der Waals surface area contributed by atoms with Crippen LogP contribution >= 0.6 is 0 Å². The molecule has 2 N–H and O–H groups in total. The van der Waals surface area contributed by atoms with Gasteiger partial charge in [-0.3, -0.25) is 14.3 Å². The number of aryl methyl sites for hydroxylation is 1. The number of benzene rings is 2. The van der Waals surface area contributed by atoms with E-state index in [1.165, 1.54) is 31.5 Å². The Morgan fingerprint density at radius 3 is 2.67 bits per heavy atom. The number of nitrogens with one attached hydrogen (secondary N) is 1. The SMILES string of the molecule is COc1cnc2ccc(C(=O)c3c(F)c(F)cc(CCCNS(=O)O)c3F)cc2c1. The topological polar surface area (TPSA) is 88.5 Å². The maximum Gasteiger partial charge on any atom is 0.231 e. The summed E-state index contributed by atoms with van der Waals surface area (Å²) in [5.74, 6) is -4.65. The van der Waals surface area contributed by atoms with E-state index in [9.17, 15) is 22.2 Å². The summed E-state index contributed by atoms with van der Waals surface area (Å²) in [6.45, 7) is 0.0460. The number of hydrogen-bond acceptors (Lipinski definition) is 4. The highest BCUT2D eigenvalue weighted by Gasteiger charge is 2.25. The van der Waals surface area contributed by atoms with Gasteiger partial charge in [-0.1, -0.05) is 0 Å². The van der Waals surface area contributed by atoms with Crippen LogP contribution in [-0.2, 0) is 17.7 Å². The maximum absolute atomic E-state index is 14.9. The van der Waals surface area contributed by atoms with E-state index in [4.69, 9.17) is 9.29 Å². The molecule has 158 valence electrons. The lowest BCUT2D eigenvalue weighted by Crippen LogP contribution is -2.18. The van der Waals surface area contributed by atoms with Gasteiger partial charge in [-0.05, 0) is 48.7 Å². The fraction of sp³-hybridized carbons (Fsp3) is 0.200. The van der Waals surface area contributed by atoms with Crippen molar-refractivity contribution in [3.05, 3.63) is 70.7 Å². The van der Waals surface area contributed by atoms with E-state index in [-0.39, 0.29) is 30.5 Å². The van der Waals surface area contributed by atoms with Gasteiger partial charge in [0.1, 0.15) is 11.6 Å². The molecule has 0 fully saturated rings. The van der Waals surface area contributed by atoms with Gasteiger partial charge < -0.3 is 4.74 Å². The molecular formula is C20H17F3N2O4S. The molecule has 2 aromatic carbocycles. The Balaban J connectivity index is 1.96. The van der Waals surface area contributed by atoms with Gasteiger partial charge in [0, 0.05) is 17.5 Å². The van der Waals surface area contributed by atoms with E-state index >= 15 is 0 Å². The summed E-state index contributed by atoms with van der Waals surface area (Å²) in [6, 6.07) is 6.57. The first-order chi connectivity index (χ1) is 14.3. The molecule has 1 heterocycles. The predicted octanol–water partition coefficient (Wildman–Crippen LogP) is 3.55. The van der Waals surface area contributed by atoms with Crippen LogP contribution < -0.4 is 9.46 Å². The number of carbonyl (C=O) groups is 1. The van der Waals surface area contributed by atoms with E-state index in [0.29, 0.717) is 22.7 Å². The van der Waals surface area contributed by atoms with Crippen LogP contribution in [0.5, 0.6) is 5.75 Å². The standard InChI is InChI=1S/C20H17F3N2O4S/c1-29-14-8-13-7-12(4-5-16(13)24-10-14)20(26)17-18(22)11(9-15(21)19(17)23)3-2-6-25-30(27)28/h4-5,7-10,25H,2-3,6H2,1H3,(H,27,28). The number of ketones is 1. The van der Waals surface area contributed by atoms with Crippen molar-refractivity contribution < 1.29 is 31.5 Å². The highest BCUT2D eigenvalue weighted by molar-refractivity contribution is 7.77. The van der Waals surface area contributed by atoms with Gasteiger partial charge in [-0.2, -0.15) is 0 Å². The maximum atomic E-state index is 14.9. The average Bonchev–Trinajstić information content (AvgIpc) is 2.73. The van der Waals surface area contributed by atoms with Crippen LogP contribution in [0.25, 0.3) is 10.9 Å². The molecule has 0 aliphatic heterocycles. The lowest BCUT2D eigenvalue weighted by Gasteiger charge is -2.11. The molecule has 0 spiro atoms. The number of ether oxygens (including phenoxy) is 1. The number of fused-ring (bicyclic) bond motifs is 1. The van der Waals surface area contributed by atoms with Crippen LogP contribution in [0.15, 0.2) is 36.5 Å². The van der Waals surface area contributed by atoms with Crippen LogP contribution in [0, 0.1) is 17.5 Å². The normalized spacial score (nSPS) is 12.2. The largest absolute Gasteiger partial charge is 0.495 e. The second kappa shape index (κ2) is 9.33. The Labute approximate surface area is 172 Å². The molecule has 0 saturated carbocycles. The zero-order chi connectivity index (χ0) is 21.8. The molecular weight excluding hydrogens is 421 g/mol. The van der Waals surface area contributed by atoms with Gasteiger partial charge in [0.15, 0.2) is 17.4 Å². The summed E-state index contributed by atoms with van der Waals surface area (Å²) >= 11 is -2.23. The van der Waals surface area contributed by atoms with Crippen molar-refractivity contribution in [3.8, 4) is 5.75 Å². The minimum atomic E-state index is -2.23. The lowest BCUT2D eigenvalue weighted by molar-refractivity contribution is 0.102. The third-order valence-corrected chi connectivity index (χ3v) is 4.91. The van der Waals surface area contributed by atoms with Gasteiger partial charge >= 0.3 is 0 Å². The van der Waals surface area contributed by atoms with Crippen molar-refractivity contribution in [2.45, 2.75) is 12.8 Å². The zero-order valence-corrected chi connectivity index (χ0v) is 16.6. The van der Waals surface area contributed by atoms with E-state index in [0.717, 1.165) is 0 Å². The molecule has 3 aromatic rings. The summed E-state index contributed by atoms with van der Waals surface area (Å²) < 4.78 is 69.8. The van der Waals surface area contributed by atoms with Crippen LogP contribution in [0.2, 0.25) is 0 Å². The third-order valence-electron chi connectivity index (χ3n) is 4.46. The van der Waals surface area contributed by atoms with Gasteiger partial charge in [0.25, 0.3) is 0 Å². The highest BCUT2D eigenvalue weighted by Crippen LogP contribution is 2.26. The van der Waals surface area contributed by atoms with Crippen molar-refractivity contribution in [3.63, 3.8) is 0 Å². The molecule has 1 aromatic heterocycles. The van der Waals surface area contributed by atoms with Crippen LogP contribution in [0.4, 0.5) is 13.2 Å². The van der Waals surface area contributed by atoms with Gasteiger partial charge in [0.2, 0.25) is 11.3 Å². The van der Waals surface area contributed by atoms with Crippen molar-refractivity contribution in [2.75, 3.05) is 13.7 Å². The smallest absolute Gasteiger partial charge is 0.231 e. The quantitative estimate of drug-likeness (QED) is 0.243. The summed E-state index contributed by atoms with van der Waals surface area (Å²) in [5, 5.41) is 0.515. The predicted molar refractivity (Wildman–Crippen MR) is 105 cm³/mol. The summed E-state index contributed by atoms with van der Waals surface area (Å²) in [5.41, 5.74) is -0.683. The Bertz CT molecular complexity index is 1140. The lowest BCUT2D eigenvalue weighted by atomic mass is 9.96. The molecule has 0 bridgehead atoms. The van der Waals surface area contributed by atoms with Crippen molar-refractivity contribution in [2.24, 2.45) is 0 Å². The molecule has 0 saturated heterocycles. The third kappa shape index (κ3) is 4.66. The first kappa shape index (κ1) is 21.9. The number of pyridine rings is 1. The van der Waals surface area contributed by atoms with Crippen LogP contribution in [-0.4, -0.2) is 33.2 Å². The van der Waals surface area contributed by atoms with E-state index < -0.39 is 40.1 Å². The monoisotopic (exact) mass is 438 g/mol. The molecule has 0 aliphatic carbocycles. The number of nitrogens with zero attached hydrogens (tertiary/aromatic N) is 1. The molecule has 6 nitrogen and oxygen atoms in total. The average molecular weight is 438 g/mol. The molecule has 0 radical (unpaired) electrons. The van der Waals surface area contributed by atoms with E-state index in [1.807, 2.05) is 0 Å². The second-order valence-corrected chi connectivity index (χ2v) is 7.17. The second-order valence-electron chi connectivity index (χ2n) is 6.38. The van der Waals surface area contributed by atoms with E-state index in [2.05, 4.69) is 9.71 Å². The minimum absolute atomic E-state index is 0.0377. The number of aromatic nitrogens is 1. The first-order valence-electron chi connectivity index (χ1n) is 8.81. The zero-order valence-electron chi connectivity index (χ0n) is 15.7. The Hall–Kier alpha value is -2.82.